The van der Waals surface area contributed by atoms with Crippen LogP contribution in [0, 0.1) is 24.0 Å². The molecule has 0 bridgehead atoms. The minimum Gasteiger partial charge on any atom is -0.378 e. The van der Waals surface area contributed by atoms with Crippen LogP contribution in [0.25, 0.3) is 0 Å². The number of benzene rings is 1. The van der Waals surface area contributed by atoms with E-state index in [-0.39, 0.29) is 10.6 Å². The zero-order valence-corrected chi connectivity index (χ0v) is 10.9. The van der Waals surface area contributed by atoms with Crippen molar-refractivity contribution in [2.75, 3.05) is 19.0 Å². The highest BCUT2D eigenvalue weighted by molar-refractivity contribution is 5.58. The fraction of sp³-hybridized carbons (Fsp3) is 0.500. The summed E-state index contributed by atoms with van der Waals surface area (Å²) in [5.41, 5.74) is 2.62. The molecule has 1 aromatic carbocycles. The number of anilines is 1. The van der Waals surface area contributed by atoms with Crippen molar-refractivity contribution in [1.29, 1.82) is 0 Å². The van der Waals surface area contributed by atoms with Crippen molar-refractivity contribution in [1.82, 2.24) is 0 Å². The van der Waals surface area contributed by atoms with Crippen molar-refractivity contribution in [3.05, 3.63) is 33.4 Å². The second kappa shape index (κ2) is 6.10. The van der Waals surface area contributed by atoms with Crippen LogP contribution in [0.4, 0.5) is 11.4 Å². The van der Waals surface area contributed by atoms with Gasteiger partial charge in [-0.3, -0.25) is 10.1 Å². The van der Waals surface area contributed by atoms with Crippen LogP contribution in [0.3, 0.4) is 0 Å². The number of hydrogen-bond acceptors (Lipinski definition) is 3. The molecule has 0 unspecified atom stereocenters. The zero-order valence-electron chi connectivity index (χ0n) is 10.9. The van der Waals surface area contributed by atoms with Crippen LogP contribution >= 0.6 is 0 Å². The smallest absolute Gasteiger partial charge is 0.275 e. The summed E-state index contributed by atoms with van der Waals surface area (Å²) >= 11 is 0. The van der Waals surface area contributed by atoms with Gasteiger partial charge < -0.3 is 4.90 Å². The molecule has 16 heavy (non-hydrogen) atoms. The molecule has 0 heterocycles. The van der Waals surface area contributed by atoms with Gasteiger partial charge in [0, 0.05) is 30.9 Å². The predicted molar refractivity (Wildman–Crippen MR) is 68.2 cm³/mol. The molecule has 4 nitrogen and oxygen atoms in total. The van der Waals surface area contributed by atoms with Crippen LogP contribution in [0.2, 0.25) is 0 Å². The van der Waals surface area contributed by atoms with Crippen molar-refractivity contribution in [3.8, 4) is 0 Å². The van der Waals surface area contributed by atoms with Gasteiger partial charge in [0.1, 0.15) is 0 Å². The average molecular weight is 224 g/mol. The van der Waals surface area contributed by atoms with Gasteiger partial charge in [-0.2, -0.15) is 0 Å². The van der Waals surface area contributed by atoms with Crippen LogP contribution in [0.15, 0.2) is 12.1 Å². The van der Waals surface area contributed by atoms with Crippen LogP contribution in [-0.4, -0.2) is 19.0 Å². The summed E-state index contributed by atoms with van der Waals surface area (Å²) in [7, 11) is 3.83. The zero-order chi connectivity index (χ0) is 12.9. The average Bonchev–Trinajstić information content (AvgIpc) is 2.18. The molecule has 0 saturated heterocycles. The first kappa shape index (κ1) is 14.4. The fourth-order valence-corrected chi connectivity index (χ4v) is 1.48. The summed E-state index contributed by atoms with van der Waals surface area (Å²) in [6.45, 7) is 7.52. The second-order valence-electron chi connectivity index (χ2n) is 3.58. The van der Waals surface area contributed by atoms with Gasteiger partial charge in [0.15, 0.2) is 0 Å². The van der Waals surface area contributed by atoms with Crippen LogP contribution in [0.1, 0.15) is 25.0 Å². The molecule has 1 aromatic rings. The number of hydrogen-bond donors (Lipinski definition) is 0. The monoisotopic (exact) mass is 224 g/mol. The van der Waals surface area contributed by atoms with E-state index in [1.165, 1.54) is 0 Å². The number of aryl methyl sites for hydroxylation is 2. The molecule has 90 valence electrons. The van der Waals surface area contributed by atoms with Gasteiger partial charge in [-0.1, -0.05) is 13.8 Å². The molecule has 0 aliphatic rings. The minimum absolute atomic E-state index is 0.218. The standard InChI is InChI=1S/C10H14N2O2.C2H6/c1-7-5-9(11(3)4)6-8(2)10(7)12(13)14;1-2/h5-6H,1-4H3;1-2H3. The summed E-state index contributed by atoms with van der Waals surface area (Å²) in [6, 6.07) is 3.65. The minimum atomic E-state index is -0.329. The summed E-state index contributed by atoms with van der Waals surface area (Å²) < 4.78 is 0. The van der Waals surface area contributed by atoms with Gasteiger partial charge in [0.05, 0.1) is 4.92 Å². The van der Waals surface area contributed by atoms with Gasteiger partial charge in [-0.05, 0) is 26.0 Å². The summed E-state index contributed by atoms with van der Waals surface area (Å²) in [5.74, 6) is 0. The van der Waals surface area contributed by atoms with E-state index in [0.29, 0.717) is 11.1 Å². The Balaban J connectivity index is 0.00000106. The maximum Gasteiger partial charge on any atom is 0.275 e. The third-order valence-corrected chi connectivity index (χ3v) is 2.17. The Morgan fingerprint density at radius 3 is 1.75 bits per heavy atom. The molecule has 0 aromatic heterocycles. The van der Waals surface area contributed by atoms with Gasteiger partial charge >= 0.3 is 0 Å². The van der Waals surface area contributed by atoms with E-state index in [9.17, 15) is 10.1 Å². The lowest BCUT2D eigenvalue weighted by Crippen LogP contribution is -2.09. The quantitative estimate of drug-likeness (QED) is 0.572. The van der Waals surface area contributed by atoms with Crippen molar-refractivity contribution < 1.29 is 4.92 Å². The van der Waals surface area contributed by atoms with E-state index in [1.807, 2.05) is 45.0 Å². The molecule has 0 saturated carbocycles. The molecule has 0 aliphatic heterocycles. The summed E-state index contributed by atoms with van der Waals surface area (Å²) in [6.07, 6.45) is 0. The number of nitro groups is 1. The van der Waals surface area contributed by atoms with Gasteiger partial charge in [-0.25, -0.2) is 0 Å². The Morgan fingerprint density at radius 1 is 1.12 bits per heavy atom. The highest BCUT2D eigenvalue weighted by Crippen LogP contribution is 2.27. The first-order chi connectivity index (χ1) is 7.43. The molecule has 0 amide bonds. The van der Waals surface area contributed by atoms with Crippen molar-refractivity contribution in [2.45, 2.75) is 27.7 Å². The molecule has 0 fully saturated rings. The highest BCUT2D eigenvalue weighted by atomic mass is 16.6. The van der Waals surface area contributed by atoms with E-state index in [1.54, 1.807) is 13.8 Å². The largest absolute Gasteiger partial charge is 0.378 e. The summed E-state index contributed by atoms with van der Waals surface area (Å²) in [4.78, 5) is 12.3. The Bertz CT molecular complexity index is 350. The first-order valence-corrected chi connectivity index (χ1v) is 5.36. The van der Waals surface area contributed by atoms with Crippen LogP contribution in [0.5, 0.6) is 0 Å². The lowest BCUT2D eigenvalue weighted by atomic mass is 10.1. The Kier molecular flexibility index (Phi) is 5.50. The molecule has 4 heteroatoms. The molecule has 0 radical (unpaired) electrons. The molecule has 1 rings (SSSR count). The van der Waals surface area contributed by atoms with E-state index in [2.05, 4.69) is 0 Å². The lowest BCUT2D eigenvalue weighted by Gasteiger charge is -2.14. The number of nitro benzene ring substituents is 1. The maximum atomic E-state index is 10.7. The van der Waals surface area contributed by atoms with Crippen LogP contribution < -0.4 is 4.90 Å². The lowest BCUT2D eigenvalue weighted by molar-refractivity contribution is -0.386. The number of nitrogens with zero attached hydrogens (tertiary/aromatic N) is 2. The van der Waals surface area contributed by atoms with E-state index < -0.39 is 0 Å². The Hall–Kier alpha value is -1.58. The van der Waals surface area contributed by atoms with Crippen molar-refractivity contribution in [2.24, 2.45) is 0 Å². The molecule has 0 atom stereocenters. The summed E-state index contributed by atoms with van der Waals surface area (Å²) in [5, 5.41) is 10.7. The Morgan fingerprint density at radius 2 is 1.50 bits per heavy atom. The third-order valence-electron chi connectivity index (χ3n) is 2.17. The van der Waals surface area contributed by atoms with E-state index in [0.717, 1.165) is 5.69 Å². The van der Waals surface area contributed by atoms with Gasteiger partial charge in [0.2, 0.25) is 0 Å². The molecule has 0 N–H and O–H groups in total. The Labute approximate surface area is 97.0 Å². The van der Waals surface area contributed by atoms with Gasteiger partial charge in [0.25, 0.3) is 5.69 Å². The number of rotatable bonds is 2. The van der Waals surface area contributed by atoms with Gasteiger partial charge in [-0.15, -0.1) is 0 Å². The molecule has 0 aliphatic carbocycles. The van der Waals surface area contributed by atoms with E-state index >= 15 is 0 Å². The first-order valence-electron chi connectivity index (χ1n) is 5.36. The molecule has 0 spiro atoms. The van der Waals surface area contributed by atoms with Crippen molar-refractivity contribution in [3.63, 3.8) is 0 Å². The molecular formula is C12H20N2O2. The predicted octanol–water partition coefficient (Wildman–Crippen LogP) is 3.30. The normalized spacial score (nSPS) is 9.12. The molecular weight excluding hydrogens is 204 g/mol. The van der Waals surface area contributed by atoms with Crippen LogP contribution in [-0.2, 0) is 0 Å². The van der Waals surface area contributed by atoms with Crippen molar-refractivity contribution >= 4 is 11.4 Å². The topological polar surface area (TPSA) is 46.4 Å². The van der Waals surface area contributed by atoms with E-state index in [4.69, 9.17) is 0 Å². The maximum absolute atomic E-state index is 10.7. The third kappa shape index (κ3) is 3.22. The fourth-order valence-electron chi connectivity index (χ4n) is 1.48. The second-order valence-corrected chi connectivity index (χ2v) is 3.58. The highest BCUT2D eigenvalue weighted by Gasteiger charge is 2.15. The SMILES string of the molecule is CC.Cc1cc(N(C)C)cc(C)c1[N+](=O)[O-].